The molecule has 178 valence electrons. The molecule has 0 saturated heterocycles. The molecule has 0 bridgehead atoms. The summed E-state index contributed by atoms with van der Waals surface area (Å²) in [6.45, 7) is 7.38. The van der Waals surface area contributed by atoms with Gasteiger partial charge in [-0.15, -0.1) is 0 Å². The van der Waals surface area contributed by atoms with Gasteiger partial charge in [-0.05, 0) is 49.6 Å². The number of hydrogen-bond acceptors (Lipinski definition) is 6. The molecule has 0 fully saturated rings. The van der Waals surface area contributed by atoms with Crippen LogP contribution in [0.4, 0.5) is 0 Å². The average Bonchev–Trinajstić information content (AvgIpc) is 2.81. The molecule has 2 aromatic carbocycles. The Hall–Kier alpha value is -3.91. The van der Waals surface area contributed by atoms with E-state index in [1.807, 2.05) is 20.8 Å². The Labute approximate surface area is 204 Å². The van der Waals surface area contributed by atoms with Gasteiger partial charge in [0.2, 0.25) is 11.5 Å². The molecule has 0 heterocycles. The van der Waals surface area contributed by atoms with Crippen LogP contribution in [0.1, 0.15) is 42.3 Å². The molecule has 2 aliphatic rings. The lowest BCUT2D eigenvalue weighted by atomic mass is 9.90. The van der Waals surface area contributed by atoms with Gasteiger partial charge in [-0.1, -0.05) is 61.0 Å². The monoisotopic (exact) mass is 488 g/mol. The van der Waals surface area contributed by atoms with Crippen molar-refractivity contribution in [2.24, 2.45) is 15.5 Å². The van der Waals surface area contributed by atoms with Crippen LogP contribution in [0.3, 0.4) is 0 Å². The molecule has 0 N–H and O–H groups in total. The predicted molar refractivity (Wildman–Crippen MR) is 134 cm³/mol. The van der Waals surface area contributed by atoms with E-state index >= 15 is 0 Å². The fraction of sp³-hybridized carbons (Fsp3) is 0.185. The van der Waals surface area contributed by atoms with E-state index in [0.29, 0.717) is 22.4 Å². The van der Waals surface area contributed by atoms with Crippen molar-refractivity contribution in [3.63, 3.8) is 0 Å². The number of Topliss-reactive ketones (excluding diaryl/α,β-unsaturated/α-hetero) is 1. The standard InChI is InChI=1S/C27H24N2O5S/c1-16(2)22-14-23(18(4)13-25(22)30)28-34-26-15-24(20-7-5-6-8-21(20)27(26)31)29-35(32,33)19-11-9-17(3)10-12-19/h5-16H,1-4H3/b28-23-,29-24+. The molecule has 8 heteroatoms. The number of ketones is 2. The van der Waals surface area contributed by atoms with E-state index in [1.165, 1.54) is 24.3 Å². The van der Waals surface area contributed by atoms with E-state index < -0.39 is 15.8 Å². The van der Waals surface area contributed by atoms with Crippen LogP contribution in [0.2, 0.25) is 0 Å². The van der Waals surface area contributed by atoms with Crippen molar-refractivity contribution in [1.29, 1.82) is 0 Å². The Kier molecular flexibility index (Phi) is 6.49. The molecule has 0 aliphatic heterocycles. The highest BCUT2D eigenvalue weighted by Gasteiger charge is 2.28. The maximum atomic E-state index is 13.1. The molecule has 0 unspecified atom stereocenters. The smallest absolute Gasteiger partial charge is 0.282 e. The van der Waals surface area contributed by atoms with Gasteiger partial charge in [0.15, 0.2) is 5.78 Å². The normalized spacial score (nSPS) is 18.4. The first-order valence-corrected chi connectivity index (χ1v) is 12.5. The molecule has 2 aliphatic carbocycles. The third kappa shape index (κ3) is 4.97. The summed E-state index contributed by atoms with van der Waals surface area (Å²) in [4.78, 5) is 30.8. The lowest BCUT2D eigenvalue weighted by Gasteiger charge is -2.17. The van der Waals surface area contributed by atoms with Crippen molar-refractivity contribution in [3.05, 3.63) is 100 Å². The first-order valence-electron chi connectivity index (χ1n) is 11.0. The minimum atomic E-state index is -4.04. The van der Waals surface area contributed by atoms with E-state index in [1.54, 1.807) is 49.4 Å². The van der Waals surface area contributed by atoms with E-state index in [4.69, 9.17) is 4.84 Å². The van der Waals surface area contributed by atoms with Crippen molar-refractivity contribution < 1.29 is 22.8 Å². The molecule has 7 nitrogen and oxygen atoms in total. The van der Waals surface area contributed by atoms with Crippen molar-refractivity contribution >= 4 is 33.0 Å². The molecule has 4 rings (SSSR count). The lowest BCUT2D eigenvalue weighted by molar-refractivity contribution is -0.111. The van der Waals surface area contributed by atoms with E-state index in [2.05, 4.69) is 9.55 Å². The summed E-state index contributed by atoms with van der Waals surface area (Å²) in [5.74, 6) is -0.712. The van der Waals surface area contributed by atoms with Crippen molar-refractivity contribution in [2.45, 2.75) is 32.6 Å². The minimum absolute atomic E-state index is 0.00910. The number of hydrogen-bond donors (Lipinski definition) is 0. The summed E-state index contributed by atoms with van der Waals surface area (Å²) in [6, 6.07) is 12.9. The van der Waals surface area contributed by atoms with Crippen molar-refractivity contribution in [1.82, 2.24) is 0 Å². The third-order valence-electron chi connectivity index (χ3n) is 5.67. The molecule has 0 radical (unpaired) electrons. The average molecular weight is 489 g/mol. The first-order chi connectivity index (χ1) is 16.6. The summed E-state index contributed by atoms with van der Waals surface area (Å²) in [5.41, 5.74) is 3.22. The highest BCUT2D eigenvalue weighted by Crippen LogP contribution is 2.26. The third-order valence-corrected chi connectivity index (χ3v) is 6.97. The number of benzene rings is 2. The fourth-order valence-corrected chi connectivity index (χ4v) is 4.67. The lowest BCUT2D eigenvalue weighted by Crippen LogP contribution is -2.20. The second kappa shape index (κ2) is 9.38. The Morgan fingerprint density at radius 1 is 0.829 bits per heavy atom. The summed E-state index contributed by atoms with van der Waals surface area (Å²) < 4.78 is 30.0. The molecule has 0 amide bonds. The maximum Gasteiger partial charge on any atom is 0.282 e. The molecule has 0 spiro atoms. The Morgan fingerprint density at radius 2 is 1.49 bits per heavy atom. The van der Waals surface area contributed by atoms with Crippen molar-refractivity contribution in [2.75, 3.05) is 0 Å². The van der Waals surface area contributed by atoms with Crippen LogP contribution in [0, 0.1) is 12.8 Å². The maximum absolute atomic E-state index is 13.1. The van der Waals surface area contributed by atoms with E-state index in [0.717, 1.165) is 5.56 Å². The van der Waals surface area contributed by atoms with Crippen LogP contribution in [0.5, 0.6) is 0 Å². The van der Waals surface area contributed by atoms with Gasteiger partial charge in [0.05, 0.1) is 10.6 Å². The molecule has 35 heavy (non-hydrogen) atoms. The van der Waals surface area contributed by atoms with Gasteiger partial charge in [0.25, 0.3) is 10.0 Å². The molecule has 0 saturated carbocycles. The van der Waals surface area contributed by atoms with Gasteiger partial charge in [-0.3, -0.25) is 9.59 Å². The zero-order valence-electron chi connectivity index (χ0n) is 19.8. The zero-order chi connectivity index (χ0) is 25.3. The first kappa shape index (κ1) is 24.2. The van der Waals surface area contributed by atoms with Gasteiger partial charge >= 0.3 is 0 Å². The van der Waals surface area contributed by atoms with Crippen LogP contribution in [0.25, 0.3) is 0 Å². The Morgan fingerprint density at radius 3 is 2.14 bits per heavy atom. The number of aryl methyl sites for hydroxylation is 1. The number of nitrogens with zero attached hydrogens (tertiary/aromatic N) is 2. The number of oxime groups is 1. The van der Waals surface area contributed by atoms with Crippen LogP contribution >= 0.6 is 0 Å². The summed E-state index contributed by atoms with van der Waals surface area (Å²) in [6.07, 6.45) is 4.40. The number of rotatable bonds is 5. The summed E-state index contributed by atoms with van der Waals surface area (Å²) in [7, 11) is -4.04. The van der Waals surface area contributed by atoms with E-state index in [-0.39, 0.29) is 33.6 Å². The molecule has 2 aromatic rings. The highest BCUT2D eigenvalue weighted by molar-refractivity contribution is 7.90. The van der Waals surface area contributed by atoms with Crippen LogP contribution < -0.4 is 0 Å². The molecule has 0 aromatic heterocycles. The number of allylic oxidation sites excluding steroid dienone is 6. The van der Waals surface area contributed by atoms with Gasteiger partial charge < -0.3 is 4.84 Å². The second-order valence-electron chi connectivity index (χ2n) is 8.66. The van der Waals surface area contributed by atoms with Gasteiger partial charge in [0, 0.05) is 22.8 Å². The molecular formula is C27H24N2O5S. The minimum Gasteiger partial charge on any atom is -0.352 e. The molecule has 0 atom stereocenters. The van der Waals surface area contributed by atoms with E-state index in [9.17, 15) is 18.0 Å². The second-order valence-corrected chi connectivity index (χ2v) is 10.3. The molecular weight excluding hydrogens is 464 g/mol. The number of carbonyl (C=O) groups excluding carboxylic acids is 2. The largest absolute Gasteiger partial charge is 0.352 e. The zero-order valence-corrected chi connectivity index (χ0v) is 20.6. The number of sulfonamides is 1. The van der Waals surface area contributed by atoms with Crippen LogP contribution in [-0.4, -0.2) is 31.4 Å². The SMILES string of the molecule is CC1=CC(=O)C(C(C)C)=C/C1=N/OC1=C/C(=N\S(=O)(=O)c2ccc(C)cc2)c2ccccc2C1=O. The van der Waals surface area contributed by atoms with Gasteiger partial charge in [-0.25, -0.2) is 0 Å². The van der Waals surface area contributed by atoms with Gasteiger partial charge in [0.1, 0.15) is 5.71 Å². The van der Waals surface area contributed by atoms with Crippen LogP contribution in [0.15, 0.2) is 98.1 Å². The summed E-state index contributed by atoms with van der Waals surface area (Å²) >= 11 is 0. The Balaban J connectivity index is 1.76. The predicted octanol–water partition coefficient (Wildman–Crippen LogP) is 4.74. The Bertz CT molecular complexity index is 1490. The number of carbonyl (C=O) groups is 2. The number of fused-ring (bicyclic) bond motifs is 1. The quantitative estimate of drug-likeness (QED) is 0.447. The highest BCUT2D eigenvalue weighted by atomic mass is 32.2. The van der Waals surface area contributed by atoms with Crippen molar-refractivity contribution in [3.8, 4) is 0 Å². The summed E-state index contributed by atoms with van der Waals surface area (Å²) in [5, 5.41) is 4.10. The van der Waals surface area contributed by atoms with Gasteiger partial charge in [-0.2, -0.15) is 12.8 Å². The topological polar surface area (TPSA) is 102 Å². The van der Waals surface area contributed by atoms with Crippen LogP contribution in [-0.2, 0) is 19.7 Å². The fourth-order valence-electron chi connectivity index (χ4n) is 3.67.